The number of imide groups is 1. The Labute approximate surface area is 186 Å². The largest absolute Gasteiger partial charge is 0.481 e. The molecule has 1 aromatic rings. The normalized spacial score (nSPS) is 26.4. The molecule has 1 spiro atoms. The van der Waals surface area contributed by atoms with Crippen molar-refractivity contribution >= 4 is 29.2 Å². The van der Waals surface area contributed by atoms with Crippen molar-refractivity contribution in [2.45, 2.75) is 50.6 Å². The molecule has 32 heavy (non-hydrogen) atoms. The van der Waals surface area contributed by atoms with E-state index < -0.39 is 12.0 Å². The smallest absolute Gasteiger partial charge is 0.306 e. The summed E-state index contributed by atoms with van der Waals surface area (Å²) in [6, 6.07) is 4.90. The average Bonchev–Trinajstić information content (AvgIpc) is 2.69. The van der Waals surface area contributed by atoms with Crippen LogP contribution in [0, 0.1) is 17.2 Å². The lowest BCUT2D eigenvalue weighted by Crippen LogP contribution is -2.66. The topological polar surface area (TPSA) is 102 Å². The summed E-state index contributed by atoms with van der Waals surface area (Å²) in [6.45, 7) is 3.55. The molecule has 172 valence electrons. The Bertz CT molecular complexity index is 932. The number of hydrogen-bond donors (Lipinski definition) is 3. The molecule has 8 nitrogen and oxygen atoms in total. The Balaban J connectivity index is 1.12. The zero-order valence-electron chi connectivity index (χ0n) is 18.0. The van der Waals surface area contributed by atoms with Gasteiger partial charge in [0.1, 0.15) is 11.9 Å². The van der Waals surface area contributed by atoms with Crippen molar-refractivity contribution in [1.82, 2.24) is 10.2 Å². The number of rotatable bonds is 5. The quantitative estimate of drug-likeness (QED) is 0.596. The molecule has 0 aromatic heterocycles. The predicted molar refractivity (Wildman–Crippen MR) is 116 cm³/mol. The summed E-state index contributed by atoms with van der Waals surface area (Å²) in [4.78, 5) is 38.8. The minimum Gasteiger partial charge on any atom is -0.481 e. The SMILES string of the molecule is O=C1CCC(Nc2ccc(N3CCC(N4CC5(CC(C(=O)O)C5)C4)CC3)c(F)c2)C(=O)N1. The summed E-state index contributed by atoms with van der Waals surface area (Å²) in [5, 5.41) is 14.4. The van der Waals surface area contributed by atoms with Crippen LogP contribution in [0.4, 0.5) is 15.8 Å². The third-order valence-electron chi connectivity index (χ3n) is 7.63. The molecule has 5 rings (SSSR count). The number of likely N-dealkylation sites (tertiary alicyclic amines) is 1. The van der Waals surface area contributed by atoms with Crippen LogP contribution in [0.1, 0.15) is 38.5 Å². The van der Waals surface area contributed by atoms with Gasteiger partial charge in [-0.25, -0.2) is 4.39 Å². The highest BCUT2D eigenvalue weighted by molar-refractivity contribution is 6.01. The summed E-state index contributed by atoms with van der Waals surface area (Å²) in [7, 11) is 0. The molecule has 1 aromatic carbocycles. The van der Waals surface area contributed by atoms with Gasteiger partial charge >= 0.3 is 5.97 Å². The van der Waals surface area contributed by atoms with Crippen LogP contribution in [-0.2, 0) is 14.4 Å². The molecular formula is C23H29FN4O4. The lowest BCUT2D eigenvalue weighted by Gasteiger charge is -2.61. The highest BCUT2D eigenvalue weighted by atomic mass is 19.1. The molecule has 3 heterocycles. The highest BCUT2D eigenvalue weighted by Crippen LogP contribution is 2.53. The van der Waals surface area contributed by atoms with Crippen molar-refractivity contribution in [2.24, 2.45) is 11.3 Å². The molecule has 0 bridgehead atoms. The number of piperidine rings is 2. The molecule has 0 radical (unpaired) electrons. The van der Waals surface area contributed by atoms with E-state index in [4.69, 9.17) is 5.11 Å². The Morgan fingerprint density at radius 1 is 1.16 bits per heavy atom. The minimum atomic E-state index is -0.664. The first-order valence-electron chi connectivity index (χ1n) is 11.4. The van der Waals surface area contributed by atoms with Gasteiger partial charge in [0.2, 0.25) is 11.8 Å². The van der Waals surface area contributed by atoms with Gasteiger partial charge in [0.15, 0.2) is 0 Å². The van der Waals surface area contributed by atoms with Gasteiger partial charge < -0.3 is 15.3 Å². The van der Waals surface area contributed by atoms with E-state index in [0.29, 0.717) is 23.8 Å². The van der Waals surface area contributed by atoms with Crippen molar-refractivity contribution in [3.8, 4) is 0 Å². The van der Waals surface area contributed by atoms with Gasteiger partial charge in [-0.15, -0.1) is 0 Å². The van der Waals surface area contributed by atoms with Crippen molar-refractivity contribution < 1.29 is 23.9 Å². The third kappa shape index (κ3) is 3.94. The van der Waals surface area contributed by atoms with E-state index >= 15 is 0 Å². The second-order valence-corrected chi connectivity index (χ2v) is 9.88. The number of carboxylic acids is 1. The monoisotopic (exact) mass is 444 g/mol. The van der Waals surface area contributed by atoms with Gasteiger partial charge in [-0.3, -0.25) is 24.6 Å². The lowest BCUT2D eigenvalue weighted by atomic mass is 9.57. The van der Waals surface area contributed by atoms with Gasteiger partial charge in [0, 0.05) is 44.3 Å². The zero-order chi connectivity index (χ0) is 22.5. The van der Waals surface area contributed by atoms with Crippen molar-refractivity contribution in [1.29, 1.82) is 0 Å². The Kier molecular flexibility index (Phi) is 5.31. The van der Waals surface area contributed by atoms with Gasteiger partial charge in [-0.05, 0) is 55.7 Å². The van der Waals surface area contributed by atoms with Crippen LogP contribution in [-0.4, -0.2) is 66.1 Å². The second-order valence-electron chi connectivity index (χ2n) is 9.88. The summed E-state index contributed by atoms with van der Waals surface area (Å²) in [5.41, 5.74) is 1.33. The molecule has 1 atom stereocenters. The van der Waals surface area contributed by atoms with Crippen LogP contribution in [0.5, 0.6) is 0 Å². The molecule has 3 aliphatic heterocycles. The Hall–Kier alpha value is -2.68. The Morgan fingerprint density at radius 3 is 2.50 bits per heavy atom. The molecular weight excluding hydrogens is 415 g/mol. The van der Waals surface area contributed by atoms with Crippen LogP contribution in [0.25, 0.3) is 0 Å². The molecule has 3 saturated heterocycles. The van der Waals surface area contributed by atoms with Gasteiger partial charge in [-0.2, -0.15) is 0 Å². The second kappa shape index (κ2) is 8.03. The van der Waals surface area contributed by atoms with Gasteiger partial charge in [0.25, 0.3) is 0 Å². The van der Waals surface area contributed by atoms with Gasteiger partial charge in [-0.1, -0.05) is 0 Å². The number of aliphatic carboxylic acids is 1. The standard InChI is InChI=1S/C23H29FN4O4/c24-17-9-15(25-18-2-4-20(29)26-21(18)30)1-3-19(17)27-7-5-16(6-8-27)28-12-23(13-28)10-14(11-23)22(31)32/h1,3,9,14,16,18,25H,2,4-8,10-13H2,(H,31,32)(H,26,29,30). The van der Waals surface area contributed by atoms with Crippen LogP contribution in [0.3, 0.4) is 0 Å². The van der Waals surface area contributed by atoms with E-state index in [1.54, 1.807) is 12.1 Å². The van der Waals surface area contributed by atoms with Crippen molar-refractivity contribution in [3.05, 3.63) is 24.0 Å². The molecule has 9 heteroatoms. The summed E-state index contributed by atoms with van der Waals surface area (Å²) >= 11 is 0. The maximum absolute atomic E-state index is 14.8. The van der Waals surface area contributed by atoms with E-state index in [9.17, 15) is 18.8 Å². The average molecular weight is 445 g/mol. The fraction of sp³-hybridized carbons (Fsp3) is 0.609. The summed E-state index contributed by atoms with van der Waals surface area (Å²) in [5.74, 6) is -1.79. The van der Waals surface area contributed by atoms with E-state index in [1.807, 2.05) is 0 Å². The number of carbonyl (C=O) groups excluding carboxylic acids is 2. The summed E-state index contributed by atoms with van der Waals surface area (Å²) < 4.78 is 14.8. The zero-order valence-corrected chi connectivity index (χ0v) is 18.0. The number of carbonyl (C=O) groups is 3. The molecule has 1 saturated carbocycles. The fourth-order valence-electron chi connectivity index (χ4n) is 5.85. The first-order chi connectivity index (χ1) is 15.3. The number of hydrogen-bond acceptors (Lipinski definition) is 6. The molecule has 1 aliphatic carbocycles. The number of amides is 2. The summed E-state index contributed by atoms with van der Waals surface area (Å²) in [6.07, 6.45) is 4.22. The van der Waals surface area contributed by atoms with Crippen LogP contribution in [0.2, 0.25) is 0 Å². The number of anilines is 2. The number of nitrogens with zero attached hydrogens (tertiary/aromatic N) is 2. The van der Waals surface area contributed by atoms with Crippen LogP contribution >= 0.6 is 0 Å². The van der Waals surface area contributed by atoms with E-state index in [0.717, 1.165) is 51.9 Å². The van der Waals surface area contributed by atoms with Crippen LogP contribution < -0.4 is 15.5 Å². The maximum Gasteiger partial charge on any atom is 0.306 e. The number of halogens is 1. The van der Waals surface area contributed by atoms with E-state index in [-0.39, 0.29) is 35.4 Å². The number of carboxylic acid groups (broad SMARTS) is 1. The minimum absolute atomic E-state index is 0.158. The number of benzene rings is 1. The number of nitrogens with one attached hydrogen (secondary N) is 2. The third-order valence-corrected chi connectivity index (χ3v) is 7.63. The fourth-order valence-corrected chi connectivity index (χ4v) is 5.85. The first kappa shape index (κ1) is 21.2. The van der Waals surface area contributed by atoms with Crippen LogP contribution in [0.15, 0.2) is 18.2 Å². The molecule has 2 amide bonds. The van der Waals surface area contributed by atoms with E-state index in [1.165, 1.54) is 6.07 Å². The maximum atomic E-state index is 14.8. The Morgan fingerprint density at radius 2 is 1.88 bits per heavy atom. The van der Waals surface area contributed by atoms with E-state index in [2.05, 4.69) is 20.4 Å². The predicted octanol–water partition coefficient (Wildman–Crippen LogP) is 1.81. The molecule has 4 aliphatic rings. The van der Waals surface area contributed by atoms with Crippen molar-refractivity contribution in [2.75, 3.05) is 36.4 Å². The molecule has 3 N–H and O–H groups in total. The molecule has 4 fully saturated rings. The molecule has 1 unspecified atom stereocenters. The van der Waals surface area contributed by atoms with Gasteiger partial charge in [0.05, 0.1) is 11.6 Å². The highest BCUT2D eigenvalue weighted by Gasteiger charge is 2.55. The first-order valence-corrected chi connectivity index (χ1v) is 11.4. The lowest BCUT2D eigenvalue weighted by molar-refractivity contribution is -0.164. The van der Waals surface area contributed by atoms with Crippen molar-refractivity contribution in [3.63, 3.8) is 0 Å².